The number of benzene rings is 2. The minimum atomic E-state index is -0.107. The molecule has 124 valence electrons. The van der Waals surface area contributed by atoms with Crippen LogP contribution < -0.4 is 9.47 Å². The van der Waals surface area contributed by atoms with Crippen molar-refractivity contribution in [1.82, 2.24) is 20.3 Å². The fourth-order valence-electron chi connectivity index (χ4n) is 2.60. The van der Waals surface area contributed by atoms with Crippen molar-refractivity contribution in [3.63, 3.8) is 0 Å². The number of methoxy groups -OCH3 is 2. The molecule has 0 unspecified atom stereocenters. The molecule has 0 spiro atoms. The molecule has 1 amide bonds. The summed E-state index contributed by atoms with van der Waals surface area (Å²) in [7, 11) is 4.92. The summed E-state index contributed by atoms with van der Waals surface area (Å²) in [6.07, 6.45) is 0. The Hall–Kier alpha value is -3.09. The molecule has 1 N–H and O–H groups in total. The fraction of sp³-hybridized carbons (Fsp3) is 0.235. The molecule has 0 saturated heterocycles. The van der Waals surface area contributed by atoms with Crippen LogP contribution in [0.4, 0.5) is 0 Å². The highest BCUT2D eigenvalue weighted by Crippen LogP contribution is 2.31. The highest BCUT2D eigenvalue weighted by atomic mass is 16.5. The molecule has 0 fully saturated rings. The standard InChI is InChI=1S/C17H18N4O3/c1-21(10-12-5-4-6-15(23-2)16(12)24-3)17(22)11-7-8-13-14(9-11)19-20-18-13/h4-9H,10H2,1-3H3,(H,18,19,20). The zero-order valence-corrected chi connectivity index (χ0v) is 13.7. The number of carbonyl (C=O) groups is 1. The highest BCUT2D eigenvalue weighted by molar-refractivity contribution is 5.97. The lowest BCUT2D eigenvalue weighted by Crippen LogP contribution is -2.26. The Labute approximate surface area is 139 Å². The number of nitrogens with one attached hydrogen (secondary N) is 1. The maximum Gasteiger partial charge on any atom is 0.253 e. The van der Waals surface area contributed by atoms with Gasteiger partial charge in [0.25, 0.3) is 5.91 Å². The van der Waals surface area contributed by atoms with E-state index in [1.807, 2.05) is 18.2 Å². The van der Waals surface area contributed by atoms with Crippen molar-refractivity contribution in [2.75, 3.05) is 21.3 Å². The van der Waals surface area contributed by atoms with Gasteiger partial charge in [-0.1, -0.05) is 12.1 Å². The lowest BCUT2D eigenvalue weighted by molar-refractivity contribution is 0.0784. The van der Waals surface area contributed by atoms with Crippen molar-refractivity contribution in [3.05, 3.63) is 47.5 Å². The average molecular weight is 326 g/mol. The average Bonchev–Trinajstić information content (AvgIpc) is 3.08. The zero-order valence-electron chi connectivity index (χ0n) is 13.7. The van der Waals surface area contributed by atoms with Crippen LogP contribution in [-0.2, 0) is 6.54 Å². The van der Waals surface area contributed by atoms with E-state index in [9.17, 15) is 4.79 Å². The van der Waals surface area contributed by atoms with Crippen molar-refractivity contribution < 1.29 is 14.3 Å². The van der Waals surface area contributed by atoms with Crippen molar-refractivity contribution in [1.29, 1.82) is 0 Å². The predicted molar refractivity (Wildman–Crippen MR) is 89.2 cm³/mol. The van der Waals surface area contributed by atoms with E-state index in [1.54, 1.807) is 44.4 Å². The largest absolute Gasteiger partial charge is 0.493 e. The molecule has 0 atom stereocenters. The molecule has 3 rings (SSSR count). The van der Waals surface area contributed by atoms with Gasteiger partial charge in [0.15, 0.2) is 11.5 Å². The SMILES string of the molecule is COc1cccc(CN(C)C(=O)c2ccc3n[nH]nc3c2)c1OC. The summed E-state index contributed by atoms with van der Waals surface area (Å²) in [6, 6.07) is 10.8. The first-order valence-corrected chi connectivity index (χ1v) is 7.40. The van der Waals surface area contributed by atoms with Gasteiger partial charge in [0.05, 0.1) is 14.2 Å². The van der Waals surface area contributed by atoms with Crippen molar-refractivity contribution >= 4 is 16.9 Å². The summed E-state index contributed by atoms with van der Waals surface area (Å²) >= 11 is 0. The van der Waals surface area contributed by atoms with Crippen LogP contribution in [0.5, 0.6) is 11.5 Å². The molecule has 1 heterocycles. The van der Waals surface area contributed by atoms with Crippen LogP contribution in [0.1, 0.15) is 15.9 Å². The van der Waals surface area contributed by atoms with Crippen LogP contribution in [0, 0.1) is 0 Å². The lowest BCUT2D eigenvalue weighted by atomic mass is 10.1. The molecule has 0 saturated carbocycles. The number of ether oxygens (including phenoxy) is 2. The third-order valence-electron chi connectivity index (χ3n) is 3.80. The Bertz CT molecular complexity index is 875. The Kier molecular flexibility index (Phi) is 4.33. The number of H-pyrrole nitrogens is 1. The molecule has 3 aromatic rings. The van der Waals surface area contributed by atoms with E-state index in [4.69, 9.17) is 9.47 Å². The molecule has 0 aliphatic carbocycles. The lowest BCUT2D eigenvalue weighted by Gasteiger charge is -2.20. The maximum atomic E-state index is 12.7. The summed E-state index contributed by atoms with van der Waals surface area (Å²) in [6.45, 7) is 0.399. The van der Waals surface area contributed by atoms with Crippen molar-refractivity contribution in [3.8, 4) is 11.5 Å². The number of amides is 1. The molecule has 7 nitrogen and oxygen atoms in total. The molecule has 0 radical (unpaired) electrons. The van der Waals surface area contributed by atoms with Crippen molar-refractivity contribution in [2.24, 2.45) is 0 Å². The molecule has 7 heteroatoms. The Balaban J connectivity index is 1.84. The summed E-state index contributed by atoms with van der Waals surface area (Å²) < 4.78 is 10.7. The number of hydrogen-bond donors (Lipinski definition) is 1. The second-order valence-electron chi connectivity index (χ2n) is 5.34. The van der Waals surface area contributed by atoms with Gasteiger partial charge in [0.1, 0.15) is 11.0 Å². The van der Waals surface area contributed by atoms with E-state index < -0.39 is 0 Å². The fourth-order valence-corrected chi connectivity index (χ4v) is 2.60. The van der Waals surface area contributed by atoms with Crippen LogP contribution in [0.25, 0.3) is 11.0 Å². The molecular formula is C17H18N4O3. The summed E-state index contributed by atoms with van der Waals surface area (Å²) in [4.78, 5) is 14.3. The van der Waals surface area contributed by atoms with Gasteiger partial charge in [-0.2, -0.15) is 15.4 Å². The third-order valence-corrected chi connectivity index (χ3v) is 3.80. The van der Waals surface area contributed by atoms with Gasteiger partial charge >= 0.3 is 0 Å². The number of carbonyl (C=O) groups excluding carboxylic acids is 1. The number of para-hydroxylation sites is 1. The van der Waals surface area contributed by atoms with E-state index in [0.29, 0.717) is 29.1 Å². The quantitative estimate of drug-likeness (QED) is 0.778. The van der Waals surface area contributed by atoms with Crippen LogP contribution in [0.3, 0.4) is 0 Å². The monoisotopic (exact) mass is 326 g/mol. The number of nitrogens with zero attached hydrogens (tertiary/aromatic N) is 3. The van der Waals surface area contributed by atoms with Crippen molar-refractivity contribution in [2.45, 2.75) is 6.54 Å². The van der Waals surface area contributed by atoms with Gasteiger partial charge in [-0.05, 0) is 24.3 Å². The Morgan fingerprint density at radius 1 is 1.12 bits per heavy atom. The molecule has 0 aliphatic heterocycles. The third kappa shape index (κ3) is 2.88. The Morgan fingerprint density at radius 3 is 2.67 bits per heavy atom. The Morgan fingerprint density at radius 2 is 1.92 bits per heavy atom. The molecule has 0 aliphatic rings. The smallest absolute Gasteiger partial charge is 0.253 e. The van der Waals surface area contributed by atoms with Crippen LogP contribution >= 0.6 is 0 Å². The highest BCUT2D eigenvalue weighted by Gasteiger charge is 2.17. The minimum Gasteiger partial charge on any atom is -0.493 e. The first-order valence-electron chi connectivity index (χ1n) is 7.40. The van der Waals surface area contributed by atoms with E-state index in [2.05, 4.69) is 15.4 Å². The van der Waals surface area contributed by atoms with Gasteiger partial charge in [-0.3, -0.25) is 4.79 Å². The molecular weight excluding hydrogens is 308 g/mol. The van der Waals surface area contributed by atoms with Gasteiger partial charge in [-0.15, -0.1) is 0 Å². The van der Waals surface area contributed by atoms with Gasteiger partial charge in [0.2, 0.25) is 0 Å². The summed E-state index contributed by atoms with van der Waals surface area (Å²) in [5.74, 6) is 1.16. The van der Waals surface area contributed by atoms with Gasteiger partial charge in [0, 0.05) is 24.7 Å². The van der Waals surface area contributed by atoms with Crippen LogP contribution in [0.2, 0.25) is 0 Å². The summed E-state index contributed by atoms with van der Waals surface area (Å²) in [5.41, 5.74) is 2.81. The zero-order chi connectivity index (χ0) is 17.1. The van der Waals surface area contributed by atoms with Crippen LogP contribution in [-0.4, -0.2) is 47.5 Å². The topological polar surface area (TPSA) is 80.3 Å². The first kappa shape index (κ1) is 15.8. The second-order valence-corrected chi connectivity index (χ2v) is 5.34. The minimum absolute atomic E-state index is 0.107. The number of aromatic nitrogens is 3. The first-order chi connectivity index (χ1) is 11.6. The number of rotatable bonds is 5. The normalized spacial score (nSPS) is 10.6. The molecule has 24 heavy (non-hydrogen) atoms. The van der Waals surface area contributed by atoms with Gasteiger partial charge < -0.3 is 14.4 Å². The summed E-state index contributed by atoms with van der Waals surface area (Å²) in [5, 5.41) is 10.5. The molecule has 0 bridgehead atoms. The number of fused-ring (bicyclic) bond motifs is 1. The maximum absolute atomic E-state index is 12.7. The number of aromatic amines is 1. The predicted octanol–water partition coefficient (Wildman–Crippen LogP) is 2.25. The van der Waals surface area contributed by atoms with Gasteiger partial charge in [-0.25, -0.2) is 0 Å². The van der Waals surface area contributed by atoms with E-state index in [1.165, 1.54) is 0 Å². The van der Waals surface area contributed by atoms with E-state index >= 15 is 0 Å². The second kappa shape index (κ2) is 6.57. The molecule has 2 aromatic carbocycles. The van der Waals surface area contributed by atoms with Crippen LogP contribution in [0.15, 0.2) is 36.4 Å². The molecule has 1 aromatic heterocycles. The number of hydrogen-bond acceptors (Lipinski definition) is 5. The van der Waals surface area contributed by atoms with E-state index in [-0.39, 0.29) is 5.91 Å². The van der Waals surface area contributed by atoms with E-state index in [0.717, 1.165) is 11.1 Å².